The zero-order valence-electron chi connectivity index (χ0n) is 16.0. The van der Waals surface area contributed by atoms with Gasteiger partial charge in [0.05, 0.1) is 6.04 Å². The minimum absolute atomic E-state index is 0. The maximum Gasteiger partial charge on any atom is 0.237 e. The maximum absolute atomic E-state index is 12.4. The number of aromatic nitrogens is 2. The lowest BCUT2D eigenvalue weighted by atomic mass is 9.91. The van der Waals surface area contributed by atoms with Crippen LogP contribution in [0.2, 0.25) is 0 Å². The van der Waals surface area contributed by atoms with Crippen LogP contribution in [0.3, 0.4) is 0 Å². The maximum atomic E-state index is 12.4. The first-order chi connectivity index (χ1) is 12.0. The van der Waals surface area contributed by atoms with Crippen LogP contribution in [0, 0.1) is 19.8 Å². The van der Waals surface area contributed by atoms with Crippen LogP contribution >= 0.6 is 24.8 Å². The number of aryl methyl sites for hydroxylation is 2. The molecule has 1 aromatic heterocycles. The molecular weight excluding hydrogens is 389 g/mol. The summed E-state index contributed by atoms with van der Waals surface area (Å²) >= 11 is 0. The number of carbonyl (C=O) groups is 1. The van der Waals surface area contributed by atoms with Crippen LogP contribution < -0.4 is 16.0 Å². The molecule has 0 spiro atoms. The Balaban J connectivity index is 0.00000182. The fourth-order valence-electron chi connectivity index (χ4n) is 3.70. The number of hydrogen-bond donors (Lipinski definition) is 2. The molecule has 0 aromatic carbocycles. The van der Waals surface area contributed by atoms with Gasteiger partial charge in [0.25, 0.3) is 0 Å². The third kappa shape index (κ3) is 6.45. The van der Waals surface area contributed by atoms with Crippen LogP contribution in [0.5, 0.6) is 0 Å². The Bertz CT molecular complexity index is 585. The number of rotatable bonds is 4. The number of anilines is 1. The summed E-state index contributed by atoms with van der Waals surface area (Å²) in [4.78, 5) is 23.6. The van der Waals surface area contributed by atoms with Gasteiger partial charge in [-0.25, -0.2) is 9.97 Å². The first-order valence-corrected chi connectivity index (χ1v) is 9.24. The van der Waals surface area contributed by atoms with E-state index < -0.39 is 6.04 Å². The van der Waals surface area contributed by atoms with Crippen LogP contribution in [-0.2, 0) is 9.53 Å². The van der Waals surface area contributed by atoms with Crippen molar-refractivity contribution in [3.8, 4) is 0 Å². The molecule has 154 valence electrons. The van der Waals surface area contributed by atoms with Crippen LogP contribution in [0.4, 0.5) is 5.82 Å². The first-order valence-electron chi connectivity index (χ1n) is 9.24. The van der Waals surface area contributed by atoms with E-state index in [0.717, 1.165) is 56.1 Å². The van der Waals surface area contributed by atoms with Gasteiger partial charge in [0, 0.05) is 44.1 Å². The molecule has 3 heterocycles. The number of amides is 1. The number of nitrogens with one attached hydrogen (secondary N) is 1. The molecule has 0 aliphatic carbocycles. The van der Waals surface area contributed by atoms with Crippen LogP contribution in [0.1, 0.15) is 37.2 Å². The molecule has 1 amide bonds. The molecule has 0 saturated carbocycles. The lowest BCUT2D eigenvalue weighted by Gasteiger charge is -2.34. The van der Waals surface area contributed by atoms with E-state index in [0.29, 0.717) is 13.2 Å². The Labute approximate surface area is 173 Å². The van der Waals surface area contributed by atoms with E-state index in [4.69, 9.17) is 10.5 Å². The predicted octanol–water partition coefficient (Wildman–Crippen LogP) is 1.78. The molecule has 3 rings (SSSR count). The number of ether oxygens (including phenoxy) is 1. The number of nitrogens with two attached hydrogens (primary N) is 1. The first kappa shape index (κ1) is 23.9. The van der Waals surface area contributed by atoms with Gasteiger partial charge in [-0.3, -0.25) is 4.79 Å². The largest absolute Gasteiger partial charge is 0.381 e. The van der Waals surface area contributed by atoms with Gasteiger partial charge in [-0.1, -0.05) is 0 Å². The minimum Gasteiger partial charge on any atom is -0.381 e. The van der Waals surface area contributed by atoms with Crippen molar-refractivity contribution in [3.63, 3.8) is 0 Å². The summed E-state index contributed by atoms with van der Waals surface area (Å²) < 4.78 is 5.35. The fourth-order valence-corrected chi connectivity index (χ4v) is 3.70. The molecular formula is C18H31Cl2N5O2. The Kier molecular flexibility index (Phi) is 9.73. The van der Waals surface area contributed by atoms with Crippen LogP contribution in [0.25, 0.3) is 0 Å². The molecule has 7 nitrogen and oxygen atoms in total. The number of carbonyl (C=O) groups excluding carboxylic acids is 1. The van der Waals surface area contributed by atoms with E-state index in [-0.39, 0.29) is 42.7 Å². The molecule has 1 aromatic rings. The van der Waals surface area contributed by atoms with Gasteiger partial charge in [-0.2, -0.15) is 0 Å². The summed E-state index contributed by atoms with van der Waals surface area (Å²) in [6.45, 7) is 7.09. The van der Waals surface area contributed by atoms with Crippen molar-refractivity contribution in [1.29, 1.82) is 0 Å². The number of piperidine rings is 1. The van der Waals surface area contributed by atoms with Gasteiger partial charge in [0.1, 0.15) is 11.6 Å². The predicted molar refractivity (Wildman–Crippen MR) is 111 cm³/mol. The summed E-state index contributed by atoms with van der Waals surface area (Å²) in [6, 6.07) is 1.79. The number of nitrogens with zero attached hydrogens (tertiary/aromatic N) is 3. The third-order valence-electron chi connectivity index (χ3n) is 5.19. The zero-order valence-corrected chi connectivity index (χ0v) is 17.7. The smallest absolute Gasteiger partial charge is 0.237 e. The Morgan fingerprint density at radius 2 is 1.81 bits per heavy atom. The Morgan fingerprint density at radius 1 is 1.19 bits per heavy atom. The molecule has 0 radical (unpaired) electrons. The normalized spacial score (nSPS) is 19.6. The van der Waals surface area contributed by atoms with E-state index in [9.17, 15) is 4.79 Å². The monoisotopic (exact) mass is 419 g/mol. The second-order valence-electron chi connectivity index (χ2n) is 7.16. The van der Waals surface area contributed by atoms with Crippen molar-refractivity contribution in [1.82, 2.24) is 15.3 Å². The topological polar surface area (TPSA) is 93.4 Å². The Morgan fingerprint density at radius 3 is 2.41 bits per heavy atom. The van der Waals surface area contributed by atoms with Crippen LogP contribution in [0.15, 0.2) is 6.07 Å². The van der Waals surface area contributed by atoms with Crippen molar-refractivity contribution in [3.05, 3.63) is 17.6 Å². The molecule has 2 fully saturated rings. The van der Waals surface area contributed by atoms with Gasteiger partial charge in [0.2, 0.25) is 5.91 Å². The summed E-state index contributed by atoms with van der Waals surface area (Å²) in [5, 5.41) is 3.15. The summed E-state index contributed by atoms with van der Waals surface area (Å²) in [5.41, 5.74) is 7.15. The summed E-state index contributed by atoms with van der Waals surface area (Å²) in [5.74, 6) is 2.00. The van der Waals surface area contributed by atoms with E-state index >= 15 is 0 Å². The molecule has 2 aliphatic heterocycles. The van der Waals surface area contributed by atoms with E-state index in [1.54, 1.807) is 0 Å². The molecule has 27 heavy (non-hydrogen) atoms. The van der Waals surface area contributed by atoms with Crippen molar-refractivity contribution in [2.45, 2.75) is 51.6 Å². The highest BCUT2D eigenvalue weighted by atomic mass is 35.5. The van der Waals surface area contributed by atoms with Gasteiger partial charge >= 0.3 is 0 Å². The highest BCUT2D eigenvalue weighted by molar-refractivity contribution is 5.85. The fraction of sp³-hybridized carbons (Fsp3) is 0.722. The molecule has 9 heteroatoms. The van der Waals surface area contributed by atoms with Crippen molar-refractivity contribution in [2.75, 3.05) is 31.2 Å². The zero-order chi connectivity index (χ0) is 17.8. The molecule has 0 bridgehead atoms. The van der Waals surface area contributed by atoms with Gasteiger partial charge in [-0.15, -0.1) is 24.8 Å². The summed E-state index contributed by atoms with van der Waals surface area (Å²) in [7, 11) is 0. The van der Waals surface area contributed by atoms with E-state index in [2.05, 4.69) is 20.2 Å². The van der Waals surface area contributed by atoms with Crippen molar-refractivity contribution >= 4 is 36.5 Å². The lowest BCUT2D eigenvalue weighted by Crippen LogP contribution is -2.52. The molecule has 1 unspecified atom stereocenters. The summed E-state index contributed by atoms with van der Waals surface area (Å²) in [6.07, 6.45) is 3.57. The van der Waals surface area contributed by atoms with Gasteiger partial charge in [0.15, 0.2) is 0 Å². The number of hydrogen-bond acceptors (Lipinski definition) is 6. The Hall–Kier alpha value is -1.15. The van der Waals surface area contributed by atoms with Gasteiger partial charge in [-0.05, 0) is 45.4 Å². The highest BCUT2D eigenvalue weighted by Gasteiger charge is 2.29. The SMILES string of the molecule is Cc1cc(N2CCC(NC(=O)C(N)C3CCOCC3)CC2)nc(C)n1.Cl.Cl. The molecule has 1 atom stereocenters. The van der Waals surface area contributed by atoms with Crippen LogP contribution in [-0.4, -0.2) is 54.3 Å². The van der Waals surface area contributed by atoms with Gasteiger partial charge < -0.3 is 20.7 Å². The average molecular weight is 420 g/mol. The highest BCUT2D eigenvalue weighted by Crippen LogP contribution is 2.20. The standard InChI is InChI=1S/C18H29N5O2.2ClH/c1-12-11-16(21-13(2)20-12)23-7-3-15(4-8-23)22-18(24)17(19)14-5-9-25-10-6-14;;/h11,14-15,17H,3-10,19H2,1-2H3,(H,22,24);2*1H. The lowest BCUT2D eigenvalue weighted by molar-refractivity contribution is -0.125. The minimum atomic E-state index is -0.422. The van der Waals surface area contributed by atoms with E-state index in [1.807, 2.05) is 19.9 Å². The molecule has 2 aliphatic rings. The van der Waals surface area contributed by atoms with E-state index in [1.165, 1.54) is 0 Å². The second kappa shape index (κ2) is 11.0. The second-order valence-corrected chi connectivity index (χ2v) is 7.16. The quantitative estimate of drug-likeness (QED) is 0.772. The molecule has 3 N–H and O–H groups in total. The average Bonchev–Trinajstić information content (AvgIpc) is 2.61. The third-order valence-corrected chi connectivity index (χ3v) is 5.19. The molecule has 2 saturated heterocycles. The number of halogens is 2. The van der Waals surface area contributed by atoms with Crippen molar-refractivity contribution < 1.29 is 9.53 Å². The van der Waals surface area contributed by atoms with Crippen molar-refractivity contribution in [2.24, 2.45) is 11.7 Å².